The zero-order valence-electron chi connectivity index (χ0n) is 9.91. The predicted molar refractivity (Wildman–Crippen MR) is 76.9 cm³/mol. The van der Waals surface area contributed by atoms with Crippen LogP contribution in [0.1, 0.15) is 22.0 Å². The number of hydrogen-bond donors (Lipinski definition) is 2. The Balaban J connectivity index is 2.16. The highest BCUT2D eigenvalue weighted by molar-refractivity contribution is 9.11. The van der Waals surface area contributed by atoms with E-state index in [1.54, 1.807) is 23.5 Å². The van der Waals surface area contributed by atoms with Gasteiger partial charge in [-0.15, -0.1) is 11.3 Å². The maximum atomic E-state index is 12.8. The Bertz CT molecular complexity index is 505. The Hall–Kier alpha value is -0.750. The van der Waals surface area contributed by atoms with Crippen molar-refractivity contribution in [1.82, 2.24) is 5.43 Å². The molecule has 0 aliphatic carbocycles. The fourth-order valence-electron chi connectivity index (χ4n) is 1.75. The summed E-state index contributed by atoms with van der Waals surface area (Å²) in [5.74, 6) is 5.39. The van der Waals surface area contributed by atoms with Crippen LogP contribution in [0.5, 0.6) is 0 Å². The molecule has 96 valence electrons. The van der Waals surface area contributed by atoms with Crippen LogP contribution in [0.2, 0.25) is 0 Å². The van der Waals surface area contributed by atoms with E-state index in [-0.39, 0.29) is 11.9 Å². The van der Waals surface area contributed by atoms with Crippen molar-refractivity contribution < 1.29 is 4.39 Å². The van der Waals surface area contributed by atoms with E-state index in [0.717, 1.165) is 15.8 Å². The molecule has 0 aliphatic heterocycles. The van der Waals surface area contributed by atoms with Crippen molar-refractivity contribution >= 4 is 27.3 Å². The molecule has 5 heteroatoms. The lowest BCUT2D eigenvalue weighted by Gasteiger charge is -2.14. The first-order valence-corrected chi connectivity index (χ1v) is 7.17. The van der Waals surface area contributed by atoms with E-state index < -0.39 is 0 Å². The van der Waals surface area contributed by atoms with Gasteiger partial charge in [0.2, 0.25) is 0 Å². The molecule has 2 nitrogen and oxygen atoms in total. The van der Waals surface area contributed by atoms with Crippen LogP contribution in [0.4, 0.5) is 4.39 Å². The average Bonchev–Trinajstić information content (AvgIpc) is 2.69. The monoisotopic (exact) mass is 328 g/mol. The molecule has 1 aromatic carbocycles. The predicted octanol–water partition coefficient (Wildman–Crippen LogP) is 3.71. The lowest BCUT2D eigenvalue weighted by Crippen LogP contribution is -2.28. The van der Waals surface area contributed by atoms with Crippen molar-refractivity contribution in [3.63, 3.8) is 0 Å². The van der Waals surface area contributed by atoms with Crippen molar-refractivity contribution in [2.75, 3.05) is 0 Å². The summed E-state index contributed by atoms with van der Waals surface area (Å²) in [6.07, 6.45) is 0.739. The third kappa shape index (κ3) is 3.17. The number of hydrogen-bond acceptors (Lipinski definition) is 3. The molecular formula is C13H14BrFN2S. The molecular weight excluding hydrogens is 315 g/mol. The fraction of sp³-hybridized carbons (Fsp3) is 0.231. The molecule has 1 unspecified atom stereocenters. The Morgan fingerprint density at radius 1 is 1.39 bits per heavy atom. The van der Waals surface area contributed by atoms with E-state index in [1.165, 1.54) is 22.6 Å². The number of nitrogens with one attached hydrogen (secondary N) is 1. The molecule has 18 heavy (non-hydrogen) atoms. The highest BCUT2D eigenvalue weighted by Crippen LogP contribution is 2.32. The molecule has 0 amide bonds. The lowest BCUT2D eigenvalue weighted by atomic mass is 10.0. The zero-order valence-corrected chi connectivity index (χ0v) is 12.3. The van der Waals surface area contributed by atoms with E-state index in [2.05, 4.69) is 34.3 Å². The summed E-state index contributed by atoms with van der Waals surface area (Å²) >= 11 is 5.18. The quantitative estimate of drug-likeness (QED) is 0.663. The number of nitrogens with two attached hydrogens (primary N) is 1. The molecule has 1 heterocycles. The Labute approximate surface area is 118 Å². The summed E-state index contributed by atoms with van der Waals surface area (Å²) in [4.78, 5) is 1.17. The van der Waals surface area contributed by atoms with Gasteiger partial charge in [-0.3, -0.25) is 11.3 Å². The second kappa shape index (κ2) is 5.93. The SMILES string of the molecule is Cc1cc(C(Cc2ccc(F)cc2)NN)sc1Br. The highest BCUT2D eigenvalue weighted by atomic mass is 79.9. The summed E-state index contributed by atoms with van der Waals surface area (Å²) < 4.78 is 14.0. The average molecular weight is 329 g/mol. The summed E-state index contributed by atoms with van der Waals surface area (Å²) in [7, 11) is 0. The van der Waals surface area contributed by atoms with Gasteiger partial charge in [0.05, 0.1) is 9.83 Å². The molecule has 0 bridgehead atoms. The number of aryl methyl sites for hydroxylation is 1. The number of hydrazine groups is 1. The van der Waals surface area contributed by atoms with E-state index in [0.29, 0.717) is 0 Å². The van der Waals surface area contributed by atoms with Gasteiger partial charge < -0.3 is 0 Å². The van der Waals surface area contributed by atoms with Gasteiger partial charge in [0.1, 0.15) is 5.82 Å². The lowest BCUT2D eigenvalue weighted by molar-refractivity contribution is 0.559. The van der Waals surface area contributed by atoms with Crippen molar-refractivity contribution in [2.24, 2.45) is 5.84 Å². The van der Waals surface area contributed by atoms with Crippen LogP contribution in [0.25, 0.3) is 0 Å². The van der Waals surface area contributed by atoms with Gasteiger partial charge >= 0.3 is 0 Å². The van der Waals surface area contributed by atoms with Crippen LogP contribution in [0, 0.1) is 12.7 Å². The Morgan fingerprint density at radius 3 is 2.56 bits per heavy atom. The van der Waals surface area contributed by atoms with Gasteiger partial charge in [-0.2, -0.15) is 0 Å². The van der Waals surface area contributed by atoms with Crippen molar-refractivity contribution in [3.8, 4) is 0 Å². The first kappa shape index (κ1) is 13.7. The van der Waals surface area contributed by atoms with Gasteiger partial charge in [0, 0.05) is 4.88 Å². The third-order valence-corrected chi connectivity index (χ3v) is 5.02. The van der Waals surface area contributed by atoms with Gasteiger partial charge in [0.15, 0.2) is 0 Å². The third-order valence-electron chi connectivity index (χ3n) is 2.77. The summed E-state index contributed by atoms with van der Waals surface area (Å²) in [6, 6.07) is 8.68. The van der Waals surface area contributed by atoms with E-state index in [9.17, 15) is 4.39 Å². The number of rotatable bonds is 4. The minimum Gasteiger partial charge on any atom is -0.271 e. The molecule has 2 aromatic rings. The van der Waals surface area contributed by atoms with Crippen LogP contribution < -0.4 is 11.3 Å². The Morgan fingerprint density at radius 2 is 2.06 bits per heavy atom. The van der Waals surface area contributed by atoms with Gasteiger partial charge in [-0.1, -0.05) is 12.1 Å². The van der Waals surface area contributed by atoms with Crippen LogP contribution in [0.3, 0.4) is 0 Å². The summed E-state index contributed by atoms with van der Waals surface area (Å²) in [5, 5.41) is 0. The second-order valence-corrected chi connectivity index (χ2v) is 6.56. The number of thiophene rings is 1. The van der Waals surface area contributed by atoms with Gasteiger partial charge in [-0.25, -0.2) is 4.39 Å². The minimum absolute atomic E-state index is 0.0467. The molecule has 2 rings (SSSR count). The maximum Gasteiger partial charge on any atom is 0.123 e. The summed E-state index contributed by atoms with van der Waals surface area (Å²) in [5.41, 5.74) is 5.08. The standard InChI is InChI=1S/C13H14BrFN2S/c1-8-6-12(18-13(8)14)11(17-16)7-9-2-4-10(15)5-3-9/h2-6,11,17H,7,16H2,1H3. The smallest absolute Gasteiger partial charge is 0.123 e. The molecule has 0 saturated heterocycles. The van der Waals surface area contributed by atoms with Crippen LogP contribution in [-0.2, 0) is 6.42 Å². The molecule has 0 spiro atoms. The van der Waals surface area contributed by atoms with Crippen molar-refractivity contribution in [1.29, 1.82) is 0 Å². The Kier molecular flexibility index (Phi) is 4.50. The first-order valence-electron chi connectivity index (χ1n) is 5.56. The van der Waals surface area contributed by atoms with Crippen LogP contribution in [-0.4, -0.2) is 0 Å². The van der Waals surface area contributed by atoms with Crippen LogP contribution in [0.15, 0.2) is 34.1 Å². The van der Waals surface area contributed by atoms with E-state index in [4.69, 9.17) is 5.84 Å². The normalized spacial score (nSPS) is 12.7. The van der Waals surface area contributed by atoms with E-state index >= 15 is 0 Å². The first-order chi connectivity index (χ1) is 8.60. The van der Waals surface area contributed by atoms with Crippen molar-refractivity contribution in [2.45, 2.75) is 19.4 Å². The fourth-order valence-corrected chi connectivity index (χ4v) is 3.38. The second-order valence-electron chi connectivity index (χ2n) is 4.16. The minimum atomic E-state index is -0.217. The molecule has 0 fully saturated rings. The highest BCUT2D eigenvalue weighted by Gasteiger charge is 2.14. The molecule has 0 saturated carbocycles. The largest absolute Gasteiger partial charge is 0.271 e. The summed E-state index contributed by atoms with van der Waals surface area (Å²) in [6.45, 7) is 2.05. The number of halogens is 2. The van der Waals surface area contributed by atoms with Gasteiger partial charge in [0.25, 0.3) is 0 Å². The zero-order chi connectivity index (χ0) is 13.1. The van der Waals surface area contributed by atoms with Gasteiger partial charge in [-0.05, 0) is 58.6 Å². The molecule has 3 N–H and O–H groups in total. The van der Waals surface area contributed by atoms with Crippen LogP contribution >= 0.6 is 27.3 Å². The number of benzene rings is 1. The molecule has 1 atom stereocenters. The molecule has 0 radical (unpaired) electrons. The van der Waals surface area contributed by atoms with E-state index in [1.807, 2.05) is 0 Å². The molecule has 0 aliphatic rings. The topological polar surface area (TPSA) is 38.0 Å². The van der Waals surface area contributed by atoms with Crippen molar-refractivity contribution in [3.05, 3.63) is 55.9 Å². The molecule has 1 aromatic heterocycles. The maximum absolute atomic E-state index is 12.8.